The molecule has 0 bridgehead atoms. The number of nitro groups is 1. The van der Waals surface area contributed by atoms with E-state index in [9.17, 15) is 14.9 Å². The van der Waals surface area contributed by atoms with Crippen molar-refractivity contribution < 1.29 is 9.72 Å². The molecular weight excluding hydrogens is 426 g/mol. The molecule has 1 amide bonds. The average molecular weight is 454 g/mol. The van der Waals surface area contributed by atoms with Crippen molar-refractivity contribution in [1.29, 1.82) is 0 Å². The minimum Gasteiger partial charge on any atom is -0.378 e. The first kappa shape index (κ1) is 22.3. The Labute approximate surface area is 193 Å². The van der Waals surface area contributed by atoms with Gasteiger partial charge in [0.2, 0.25) is 0 Å². The quantitative estimate of drug-likeness (QED) is 0.301. The van der Waals surface area contributed by atoms with E-state index in [0.717, 1.165) is 49.2 Å². The van der Waals surface area contributed by atoms with Gasteiger partial charge in [0.1, 0.15) is 0 Å². The number of allylic oxidation sites excluding steroid dienone is 2. The van der Waals surface area contributed by atoms with Crippen LogP contribution in [-0.4, -0.2) is 28.8 Å². The molecule has 1 aliphatic carbocycles. The van der Waals surface area contributed by atoms with Crippen molar-refractivity contribution in [2.24, 2.45) is 5.92 Å². The highest BCUT2D eigenvalue weighted by molar-refractivity contribution is 6.31. The van der Waals surface area contributed by atoms with E-state index in [1.54, 1.807) is 12.1 Å². The third-order valence-corrected chi connectivity index (χ3v) is 6.75. The molecule has 3 atom stereocenters. The maximum atomic E-state index is 13.1. The van der Waals surface area contributed by atoms with E-state index in [0.29, 0.717) is 10.6 Å². The number of hydrogen-bond donors (Lipinski definition) is 1. The number of nitrogens with zero attached hydrogens (tertiary/aromatic N) is 2. The summed E-state index contributed by atoms with van der Waals surface area (Å²) in [7, 11) is 0. The van der Waals surface area contributed by atoms with E-state index in [2.05, 4.69) is 31.3 Å². The number of non-ortho nitro benzene ring substituents is 1. The number of nitro benzene ring substituents is 1. The fourth-order valence-corrected chi connectivity index (χ4v) is 5.19. The van der Waals surface area contributed by atoms with Crippen LogP contribution in [0.5, 0.6) is 0 Å². The van der Waals surface area contributed by atoms with Crippen LogP contribution in [0.1, 0.15) is 66.6 Å². The Morgan fingerprint density at radius 1 is 1.16 bits per heavy atom. The van der Waals surface area contributed by atoms with Gasteiger partial charge in [-0.3, -0.25) is 14.9 Å². The van der Waals surface area contributed by atoms with Gasteiger partial charge >= 0.3 is 0 Å². The molecule has 2 aromatic rings. The number of amides is 1. The molecule has 2 aromatic carbocycles. The van der Waals surface area contributed by atoms with Gasteiger partial charge in [-0.2, -0.15) is 0 Å². The summed E-state index contributed by atoms with van der Waals surface area (Å²) in [5, 5.41) is 15.4. The highest BCUT2D eigenvalue weighted by atomic mass is 35.5. The van der Waals surface area contributed by atoms with Crippen LogP contribution in [0, 0.1) is 16.0 Å². The molecule has 0 saturated heterocycles. The first-order valence-electron chi connectivity index (χ1n) is 11.2. The number of anilines is 1. The number of halogens is 1. The first-order chi connectivity index (χ1) is 15.4. The van der Waals surface area contributed by atoms with E-state index >= 15 is 0 Å². The topological polar surface area (TPSA) is 75.5 Å². The zero-order valence-electron chi connectivity index (χ0n) is 18.4. The highest BCUT2D eigenvalue weighted by Gasteiger charge is 2.39. The van der Waals surface area contributed by atoms with Crippen molar-refractivity contribution in [3.63, 3.8) is 0 Å². The van der Waals surface area contributed by atoms with Gasteiger partial charge in [0.15, 0.2) is 0 Å². The fraction of sp³-hybridized carbons (Fsp3) is 0.400. The number of rotatable bonds is 7. The van der Waals surface area contributed by atoms with E-state index in [4.69, 9.17) is 11.6 Å². The minimum absolute atomic E-state index is 0.0346. The van der Waals surface area contributed by atoms with Gasteiger partial charge < -0.3 is 10.2 Å². The average Bonchev–Trinajstić information content (AvgIpc) is 3.28. The molecule has 0 radical (unpaired) electrons. The Bertz CT molecular complexity index is 1060. The van der Waals surface area contributed by atoms with Crippen LogP contribution in [0.3, 0.4) is 0 Å². The second-order valence-corrected chi connectivity index (χ2v) is 8.94. The van der Waals surface area contributed by atoms with Gasteiger partial charge in [0.05, 0.1) is 11.0 Å². The van der Waals surface area contributed by atoms with E-state index in [1.165, 1.54) is 6.07 Å². The Balaban J connectivity index is 1.69. The van der Waals surface area contributed by atoms with Crippen molar-refractivity contribution in [3.05, 3.63) is 80.4 Å². The minimum atomic E-state index is -0.392. The molecule has 0 spiro atoms. The maximum absolute atomic E-state index is 13.1. The lowest BCUT2D eigenvalue weighted by atomic mass is 9.76. The van der Waals surface area contributed by atoms with E-state index in [1.807, 2.05) is 23.1 Å². The molecule has 2 aliphatic rings. The molecule has 1 N–H and O–H groups in total. The predicted octanol–water partition coefficient (Wildman–Crippen LogP) is 6.34. The largest absolute Gasteiger partial charge is 0.378 e. The third-order valence-electron chi connectivity index (χ3n) is 6.41. The van der Waals surface area contributed by atoms with Crippen LogP contribution in [0.15, 0.2) is 48.6 Å². The Kier molecular flexibility index (Phi) is 6.51. The molecule has 32 heavy (non-hydrogen) atoms. The fourth-order valence-electron chi connectivity index (χ4n) is 4.96. The van der Waals surface area contributed by atoms with Crippen LogP contribution in [0.4, 0.5) is 11.4 Å². The second-order valence-electron chi connectivity index (χ2n) is 8.53. The summed E-state index contributed by atoms with van der Waals surface area (Å²) in [5.74, 6) is 0.374. The van der Waals surface area contributed by atoms with E-state index < -0.39 is 4.92 Å². The summed E-state index contributed by atoms with van der Waals surface area (Å²) in [4.78, 5) is 26.0. The van der Waals surface area contributed by atoms with Gasteiger partial charge in [-0.25, -0.2) is 0 Å². The van der Waals surface area contributed by atoms with Crippen molar-refractivity contribution in [3.8, 4) is 0 Å². The predicted molar refractivity (Wildman–Crippen MR) is 127 cm³/mol. The van der Waals surface area contributed by atoms with Crippen molar-refractivity contribution in [2.75, 3.05) is 18.4 Å². The lowest BCUT2D eigenvalue weighted by molar-refractivity contribution is -0.384. The van der Waals surface area contributed by atoms with Gasteiger partial charge in [-0.15, -0.1) is 0 Å². The zero-order valence-corrected chi connectivity index (χ0v) is 19.1. The number of carbonyl (C=O) groups excluding carboxylic acids is 1. The third kappa shape index (κ3) is 4.11. The molecule has 6 nitrogen and oxygen atoms in total. The van der Waals surface area contributed by atoms with Crippen molar-refractivity contribution in [1.82, 2.24) is 4.90 Å². The van der Waals surface area contributed by atoms with Gasteiger partial charge in [0, 0.05) is 53.0 Å². The molecule has 1 aliphatic heterocycles. The summed E-state index contributed by atoms with van der Waals surface area (Å²) in [6.07, 6.45) is 7.04. The Morgan fingerprint density at radius 3 is 2.59 bits per heavy atom. The molecular formula is C25H28ClN3O3. The SMILES string of the molecule is CCCN(CCC)C(=O)c1ccc2c(c1)C1C=CCC1C(c1cc([N+](=O)[O-])ccc1Cl)N2. The molecule has 168 valence electrons. The molecule has 7 heteroatoms. The number of benzene rings is 2. The zero-order chi connectivity index (χ0) is 22.8. The molecule has 1 heterocycles. The van der Waals surface area contributed by atoms with Crippen LogP contribution in [0.2, 0.25) is 5.02 Å². The summed E-state index contributed by atoms with van der Waals surface area (Å²) in [5.41, 5.74) is 3.52. The summed E-state index contributed by atoms with van der Waals surface area (Å²) < 4.78 is 0. The lowest BCUT2D eigenvalue weighted by Crippen LogP contribution is -2.33. The first-order valence-corrected chi connectivity index (χ1v) is 11.6. The standard InChI is InChI=1S/C25H28ClN3O3/c1-3-12-28(13-4-2)25(30)16-8-11-23-20(14-16)18-6-5-7-19(18)24(27-23)21-15-17(29(31)32)9-10-22(21)26/h5-6,8-11,14-15,18-19,24,27H,3-4,7,12-13H2,1-2H3. The monoisotopic (exact) mass is 453 g/mol. The van der Waals surface area contributed by atoms with Crippen LogP contribution >= 0.6 is 11.6 Å². The normalized spacial score (nSPS) is 20.9. The van der Waals surface area contributed by atoms with E-state index in [-0.39, 0.29) is 29.5 Å². The van der Waals surface area contributed by atoms with Crippen LogP contribution in [-0.2, 0) is 0 Å². The highest BCUT2D eigenvalue weighted by Crippen LogP contribution is 2.51. The lowest BCUT2D eigenvalue weighted by Gasteiger charge is -2.38. The molecule has 0 saturated carbocycles. The Hall–Kier alpha value is -2.86. The molecule has 3 unspecified atom stereocenters. The van der Waals surface area contributed by atoms with Crippen LogP contribution in [0.25, 0.3) is 0 Å². The molecule has 0 fully saturated rings. The summed E-state index contributed by atoms with van der Waals surface area (Å²) >= 11 is 6.48. The van der Waals surface area contributed by atoms with Crippen molar-refractivity contribution >= 4 is 28.9 Å². The second kappa shape index (κ2) is 9.33. The summed E-state index contributed by atoms with van der Waals surface area (Å²) in [6, 6.07) is 10.3. The van der Waals surface area contributed by atoms with Crippen molar-refractivity contribution in [2.45, 2.75) is 45.1 Å². The van der Waals surface area contributed by atoms with Gasteiger partial charge in [0.25, 0.3) is 11.6 Å². The number of nitrogens with one attached hydrogen (secondary N) is 1. The number of carbonyl (C=O) groups is 1. The van der Waals surface area contributed by atoms with Crippen LogP contribution < -0.4 is 5.32 Å². The smallest absolute Gasteiger partial charge is 0.269 e. The number of hydrogen-bond acceptors (Lipinski definition) is 4. The molecule has 0 aromatic heterocycles. The van der Waals surface area contributed by atoms with Gasteiger partial charge in [-0.1, -0.05) is 37.6 Å². The summed E-state index contributed by atoms with van der Waals surface area (Å²) in [6.45, 7) is 5.67. The Morgan fingerprint density at radius 2 is 1.91 bits per heavy atom. The number of fused-ring (bicyclic) bond motifs is 3. The van der Waals surface area contributed by atoms with Gasteiger partial charge in [-0.05, 0) is 55.0 Å². The molecule has 4 rings (SSSR count). The maximum Gasteiger partial charge on any atom is 0.269 e.